The van der Waals surface area contributed by atoms with E-state index in [1.54, 1.807) is 18.2 Å². The van der Waals surface area contributed by atoms with E-state index in [-0.39, 0.29) is 17.1 Å². The Morgan fingerprint density at radius 2 is 1.72 bits per heavy atom. The van der Waals surface area contributed by atoms with Gasteiger partial charge in [0.25, 0.3) is 5.91 Å². The van der Waals surface area contributed by atoms with Gasteiger partial charge in [-0.05, 0) is 48.7 Å². The summed E-state index contributed by atoms with van der Waals surface area (Å²) < 4.78 is 26.8. The molecule has 2 heterocycles. The number of benzene rings is 1. The zero-order valence-corrected chi connectivity index (χ0v) is 16.6. The molecule has 3 rings (SSSR count). The van der Waals surface area contributed by atoms with E-state index in [2.05, 4.69) is 15.6 Å². The summed E-state index contributed by atoms with van der Waals surface area (Å²) in [5.74, 6) is -0.618. The molecule has 2 aromatic rings. The maximum Gasteiger partial charge on any atom is 0.319 e. The van der Waals surface area contributed by atoms with Crippen LogP contribution in [0.15, 0.2) is 47.5 Å². The van der Waals surface area contributed by atoms with Gasteiger partial charge in [0, 0.05) is 31.5 Å². The van der Waals surface area contributed by atoms with Crippen molar-refractivity contribution in [3.05, 3.63) is 53.9 Å². The molecular formula is C19H23N5O4S. The number of nitrogens with two attached hydrogens (primary N) is 1. The molecule has 29 heavy (non-hydrogen) atoms. The van der Waals surface area contributed by atoms with Crippen molar-refractivity contribution in [3.63, 3.8) is 0 Å². The highest BCUT2D eigenvalue weighted by Gasteiger charge is 2.25. The summed E-state index contributed by atoms with van der Waals surface area (Å²) in [5, 5.41) is 5.31. The first kappa shape index (κ1) is 20.7. The normalized spacial score (nSPS) is 14.9. The molecule has 0 radical (unpaired) electrons. The summed E-state index contributed by atoms with van der Waals surface area (Å²) in [6.45, 7) is 1.29. The summed E-state index contributed by atoms with van der Waals surface area (Å²) >= 11 is 0. The monoisotopic (exact) mass is 417 g/mol. The van der Waals surface area contributed by atoms with E-state index in [1.165, 1.54) is 28.7 Å². The van der Waals surface area contributed by atoms with Gasteiger partial charge in [-0.25, -0.2) is 13.2 Å². The van der Waals surface area contributed by atoms with Crippen LogP contribution >= 0.6 is 0 Å². The standard InChI is InChI=1S/C19H23N5O4S/c20-18(25)17-9-4-14(12-21-17)13-22-19(26)23-15-5-7-16(8-6-15)29(27,28)24-10-2-1-3-11-24/h4-9,12H,1-3,10-11,13H2,(H2,20,25)(H2,22,23,26). The Morgan fingerprint density at radius 3 is 2.31 bits per heavy atom. The number of aromatic nitrogens is 1. The van der Waals surface area contributed by atoms with E-state index >= 15 is 0 Å². The quantitative estimate of drug-likeness (QED) is 0.657. The van der Waals surface area contributed by atoms with Crippen molar-refractivity contribution in [1.82, 2.24) is 14.6 Å². The largest absolute Gasteiger partial charge is 0.364 e. The van der Waals surface area contributed by atoms with Gasteiger partial charge in [-0.2, -0.15) is 4.31 Å². The van der Waals surface area contributed by atoms with E-state index in [0.717, 1.165) is 19.3 Å². The van der Waals surface area contributed by atoms with Crippen LogP contribution in [-0.2, 0) is 16.6 Å². The predicted octanol–water partition coefficient (Wildman–Crippen LogP) is 1.68. The van der Waals surface area contributed by atoms with E-state index in [0.29, 0.717) is 24.3 Å². The number of nitrogens with zero attached hydrogens (tertiary/aromatic N) is 2. The third-order valence-corrected chi connectivity index (χ3v) is 6.51. The first-order chi connectivity index (χ1) is 13.9. The number of primary amides is 1. The highest BCUT2D eigenvalue weighted by atomic mass is 32.2. The van der Waals surface area contributed by atoms with Crippen molar-refractivity contribution in [1.29, 1.82) is 0 Å². The number of carbonyl (C=O) groups is 2. The van der Waals surface area contributed by atoms with Gasteiger partial charge in [-0.1, -0.05) is 12.5 Å². The number of hydrogen-bond acceptors (Lipinski definition) is 5. The van der Waals surface area contributed by atoms with Crippen LogP contribution in [-0.4, -0.2) is 42.7 Å². The van der Waals surface area contributed by atoms with Gasteiger partial charge in [-0.15, -0.1) is 0 Å². The van der Waals surface area contributed by atoms with E-state index < -0.39 is 22.0 Å². The number of sulfonamides is 1. The molecule has 4 N–H and O–H groups in total. The molecule has 154 valence electrons. The van der Waals surface area contributed by atoms with Crippen LogP contribution in [0.1, 0.15) is 35.3 Å². The van der Waals surface area contributed by atoms with Gasteiger partial charge in [-0.3, -0.25) is 9.78 Å². The van der Waals surface area contributed by atoms with Crippen LogP contribution in [0.3, 0.4) is 0 Å². The number of hydrogen-bond donors (Lipinski definition) is 3. The third kappa shape index (κ3) is 5.30. The van der Waals surface area contributed by atoms with Crippen molar-refractivity contribution in [2.24, 2.45) is 5.73 Å². The molecule has 3 amide bonds. The number of nitrogens with one attached hydrogen (secondary N) is 2. The summed E-state index contributed by atoms with van der Waals surface area (Å²) in [6.07, 6.45) is 4.26. The fourth-order valence-electron chi connectivity index (χ4n) is 3.00. The van der Waals surface area contributed by atoms with Gasteiger partial charge in [0.2, 0.25) is 10.0 Å². The number of piperidine rings is 1. The molecule has 1 aliphatic rings. The molecule has 0 saturated carbocycles. The Morgan fingerprint density at radius 1 is 1.03 bits per heavy atom. The average molecular weight is 417 g/mol. The highest BCUT2D eigenvalue weighted by molar-refractivity contribution is 7.89. The van der Waals surface area contributed by atoms with Gasteiger partial charge in [0.15, 0.2) is 0 Å². The fraction of sp³-hybridized carbons (Fsp3) is 0.316. The molecule has 0 aliphatic carbocycles. The van der Waals surface area contributed by atoms with Gasteiger partial charge in [0.1, 0.15) is 5.69 Å². The molecular weight excluding hydrogens is 394 g/mol. The number of amides is 3. The minimum Gasteiger partial charge on any atom is -0.364 e. The number of pyridine rings is 1. The van der Waals surface area contributed by atoms with Gasteiger partial charge in [0.05, 0.1) is 4.90 Å². The lowest BCUT2D eigenvalue weighted by Gasteiger charge is -2.25. The van der Waals surface area contributed by atoms with Crippen molar-refractivity contribution >= 4 is 27.6 Å². The van der Waals surface area contributed by atoms with E-state index in [4.69, 9.17) is 5.73 Å². The molecule has 1 aromatic heterocycles. The van der Waals surface area contributed by atoms with E-state index in [1.807, 2.05) is 0 Å². The lowest BCUT2D eigenvalue weighted by atomic mass is 10.2. The van der Waals surface area contributed by atoms with Crippen LogP contribution in [0.2, 0.25) is 0 Å². The second kappa shape index (κ2) is 9.01. The van der Waals surface area contributed by atoms with Crippen LogP contribution in [0.4, 0.5) is 10.5 Å². The Labute approximate surface area is 169 Å². The van der Waals surface area contributed by atoms with Crippen molar-refractivity contribution in [2.75, 3.05) is 18.4 Å². The van der Waals surface area contributed by atoms with Crippen LogP contribution in [0.25, 0.3) is 0 Å². The van der Waals surface area contributed by atoms with Crippen molar-refractivity contribution in [3.8, 4) is 0 Å². The maximum atomic E-state index is 12.6. The summed E-state index contributed by atoms with van der Waals surface area (Å²) in [7, 11) is -3.50. The number of urea groups is 1. The Kier molecular flexibility index (Phi) is 6.45. The summed E-state index contributed by atoms with van der Waals surface area (Å²) in [6, 6.07) is 8.78. The third-order valence-electron chi connectivity index (χ3n) is 4.60. The van der Waals surface area contributed by atoms with Crippen LogP contribution in [0.5, 0.6) is 0 Å². The average Bonchev–Trinajstić information content (AvgIpc) is 2.73. The number of anilines is 1. The molecule has 1 saturated heterocycles. The minimum absolute atomic E-state index is 0.151. The van der Waals surface area contributed by atoms with Crippen LogP contribution in [0, 0.1) is 0 Å². The molecule has 0 spiro atoms. The first-order valence-corrected chi connectivity index (χ1v) is 10.7. The summed E-state index contributed by atoms with van der Waals surface area (Å²) in [4.78, 5) is 27.2. The lowest BCUT2D eigenvalue weighted by molar-refractivity contribution is 0.0995. The maximum absolute atomic E-state index is 12.6. The molecule has 9 nitrogen and oxygen atoms in total. The fourth-order valence-corrected chi connectivity index (χ4v) is 4.51. The zero-order chi connectivity index (χ0) is 20.9. The Bertz CT molecular complexity index is 969. The topological polar surface area (TPSA) is 134 Å². The van der Waals surface area contributed by atoms with Crippen molar-refractivity contribution in [2.45, 2.75) is 30.7 Å². The van der Waals surface area contributed by atoms with Crippen LogP contribution < -0.4 is 16.4 Å². The molecule has 0 atom stereocenters. The van der Waals surface area contributed by atoms with E-state index in [9.17, 15) is 18.0 Å². The Balaban J connectivity index is 1.55. The summed E-state index contributed by atoms with van der Waals surface area (Å²) in [5.41, 5.74) is 6.46. The Hall–Kier alpha value is -2.98. The molecule has 1 aromatic carbocycles. The lowest BCUT2D eigenvalue weighted by Crippen LogP contribution is -2.35. The number of rotatable bonds is 6. The van der Waals surface area contributed by atoms with Crippen molar-refractivity contribution < 1.29 is 18.0 Å². The molecule has 0 bridgehead atoms. The molecule has 0 unspecified atom stereocenters. The highest BCUT2D eigenvalue weighted by Crippen LogP contribution is 2.21. The molecule has 10 heteroatoms. The second-order valence-corrected chi connectivity index (χ2v) is 8.65. The van der Waals surface area contributed by atoms with Gasteiger partial charge >= 0.3 is 6.03 Å². The van der Waals surface area contributed by atoms with Gasteiger partial charge < -0.3 is 16.4 Å². The zero-order valence-electron chi connectivity index (χ0n) is 15.8. The second-order valence-electron chi connectivity index (χ2n) is 6.71. The first-order valence-electron chi connectivity index (χ1n) is 9.26. The molecule has 1 aliphatic heterocycles. The smallest absolute Gasteiger partial charge is 0.319 e. The minimum atomic E-state index is -3.50. The SMILES string of the molecule is NC(=O)c1ccc(CNC(=O)Nc2ccc(S(=O)(=O)N3CCCCC3)cc2)cn1. The predicted molar refractivity (Wildman–Crippen MR) is 108 cm³/mol. The molecule has 1 fully saturated rings. The number of carbonyl (C=O) groups excluding carboxylic acids is 2.